The first-order chi connectivity index (χ1) is 6.42. The first-order valence-corrected chi connectivity index (χ1v) is 5.65. The van der Waals surface area contributed by atoms with E-state index in [9.17, 15) is 4.79 Å². The molecule has 92 valence electrons. The number of rotatable bonds is 3. The van der Waals surface area contributed by atoms with Gasteiger partial charge in [-0.1, -0.05) is 0 Å². The molecule has 0 atom stereocenters. The van der Waals surface area contributed by atoms with Gasteiger partial charge in [0.05, 0.1) is 21.1 Å². The molecule has 0 aromatic heterocycles. The highest BCUT2D eigenvalue weighted by Crippen LogP contribution is 2.18. The van der Waals surface area contributed by atoms with E-state index in [1.165, 1.54) is 6.92 Å². The number of nitrogens with zero attached hydrogens (tertiary/aromatic N) is 1. The van der Waals surface area contributed by atoms with E-state index in [1.807, 2.05) is 0 Å². The van der Waals surface area contributed by atoms with Gasteiger partial charge >= 0.3 is 5.97 Å². The van der Waals surface area contributed by atoms with Crippen LogP contribution < -0.4 is 4.89 Å². The summed E-state index contributed by atoms with van der Waals surface area (Å²) in [6.45, 7) is 2.80. The zero-order valence-corrected chi connectivity index (χ0v) is 10.2. The minimum Gasteiger partial charge on any atom is -0.756 e. The number of hydrogen-bond donors (Lipinski definition) is 2. The Bertz CT molecular complexity index is 222. The van der Waals surface area contributed by atoms with Crippen molar-refractivity contribution < 1.29 is 33.3 Å². The number of carbonyl (C=O) groups is 1. The maximum Gasteiger partial charge on any atom is 0.302 e. The Morgan fingerprint density at radius 2 is 1.73 bits per heavy atom. The fourth-order valence-electron chi connectivity index (χ4n) is 0.463. The van der Waals surface area contributed by atoms with Crippen molar-refractivity contribution in [2.24, 2.45) is 0 Å². The molecule has 0 aliphatic carbocycles. The average Bonchev–Trinajstić information content (AvgIpc) is 1.77. The van der Waals surface area contributed by atoms with E-state index >= 15 is 0 Å². The molecule has 15 heavy (non-hydrogen) atoms. The van der Waals surface area contributed by atoms with Crippen LogP contribution in [0, 0.1) is 0 Å². The van der Waals surface area contributed by atoms with E-state index < -0.39 is 7.82 Å². The number of carbonyl (C=O) groups excluding carboxylic acids is 1. The fourth-order valence-corrected chi connectivity index (χ4v) is 0.463. The quantitative estimate of drug-likeness (QED) is 0.362. The summed E-state index contributed by atoms with van der Waals surface area (Å²) in [7, 11) is 1.29. The van der Waals surface area contributed by atoms with E-state index in [4.69, 9.17) is 24.0 Å². The maximum atomic E-state index is 10.3. The molecule has 8 heteroatoms. The highest BCUT2D eigenvalue weighted by Gasteiger charge is 2.06. The molecular formula is C7H18NO6P. The van der Waals surface area contributed by atoms with E-state index in [1.54, 1.807) is 0 Å². The van der Waals surface area contributed by atoms with Gasteiger partial charge in [-0.2, -0.15) is 0 Å². The van der Waals surface area contributed by atoms with E-state index in [0.717, 1.165) is 11.0 Å². The normalized spacial score (nSPS) is 11.4. The Labute approximate surface area is 89.1 Å². The molecule has 0 aromatic carbocycles. The van der Waals surface area contributed by atoms with Crippen molar-refractivity contribution in [2.75, 3.05) is 34.3 Å². The highest BCUT2D eigenvalue weighted by molar-refractivity contribution is 7.43. The van der Waals surface area contributed by atoms with Crippen LogP contribution in [0.15, 0.2) is 0 Å². The summed E-state index contributed by atoms with van der Waals surface area (Å²) in [5, 5.41) is 0. The molecule has 0 radical (unpaired) electrons. The summed E-state index contributed by atoms with van der Waals surface area (Å²) in [4.78, 5) is 33.2. The minimum atomic E-state index is -4.89. The topological polar surface area (TPSA) is 107 Å². The molecule has 0 fully saturated rings. The van der Waals surface area contributed by atoms with Crippen LogP contribution in [0.3, 0.4) is 0 Å². The fraction of sp³-hybridized carbons (Fsp3) is 0.857. The lowest BCUT2D eigenvalue weighted by atomic mass is 10.5. The molecule has 0 spiro atoms. The lowest BCUT2D eigenvalue weighted by molar-refractivity contribution is -0.870. The molecule has 2 N–H and O–H groups in total. The molecule has 0 saturated carbocycles. The highest BCUT2D eigenvalue weighted by atomic mass is 31.2. The first-order valence-electron chi connectivity index (χ1n) is 4.12. The Hall–Kier alpha value is -0.460. The Kier molecular flexibility index (Phi) is 7.82. The summed E-state index contributed by atoms with van der Waals surface area (Å²) in [5.41, 5.74) is 0. The van der Waals surface area contributed by atoms with Crippen molar-refractivity contribution in [1.82, 2.24) is 0 Å². The van der Waals surface area contributed by atoms with Gasteiger partial charge in [0.1, 0.15) is 13.2 Å². The van der Waals surface area contributed by atoms with Gasteiger partial charge in [0.15, 0.2) is 0 Å². The summed E-state index contributed by atoms with van der Waals surface area (Å²) >= 11 is 0. The molecule has 7 nitrogen and oxygen atoms in total. The minimum absolute atomic E-state index is 0.201. The van der Waals surface area contributed by atoms with Gasteiger partial charge in [-0.05, 0) is 0 Å². The average molecular weight is 243 g/mol. The number of quaternary nitrogens is 1. The van der Waals surface area contributed by atoms with Gasteiger partial charge in [-0.15, -0.1) is 0 Å². The molecule has 0 saturated heterocycles. The molecule has 0 aromatic rings. The standard InChI is InChI=1S/C7H16NO2.H3O4P/c1-7(9)10-6-5-8(2,3)4;1-5(2,3)4/h5-6H2,1-4H3;(H3,1,2,3,4)/q+1;/p-1. The second-order valence-corrected chi connectivity index (χ2v) is 4.83. The molecule has 0 amide bonds. The van der Waals surface area contributed by atoms with Crippen LogP contribution in [0.2, 0.25) is 0 Å². The lowest BCUT2D eigenvalue weighted by Gasteiger charge is -2.23. The first kappa shape index (κ1) is 17.0. The molecule has 0 aliphatic rings. The second-order valence-electron chi connectivity index (χ2n) is 3.84. The van der Waals surface area contributed by atoms with Gasteiger partial charge in [0, 0.05) is 6.92 Å². The summed E-state index contributed by atoms with van der Waals surface area (Å²) in [6.07, 6.45) is 0. The van der Waals surface area contributed by atoms with Crippen LogP contribution in [0.4, 0.5) is 0 Å². The van der Waals surface area contributed by atoms with Crippen LogP contribution >= 0.6 is 7.82 Å². The van der Waals surface area contributed by atoms with Crippen LogP contribution in [0.1, 0.15) is 6.92 Å². The van der Waals surface area contributed by atoms with Gasteiger partial charge in [0.25, 0.3) is 7.82 Å². The van der Waals surface area contributed by atoms with E-state index in [-0.39, 0.29) is 5.97 Å². The molecule has 0 rings (SSSR count). The number of esters is 1. The summed E-state index contributed by atoms with van der Waals surface area (Å²) < 4.78 is 14.4. The SMILES string of the molecule is CC(=O)OCC[N+](C)(C)C.O=P([O-])(O)O. The van der Waals surface area contributed by atoms with Crippen LogP contribution in [-0.4, -0.2) is 54.5 Å². The van der Waals surface area contributed by atoms with Gasteiger partial charge < -0.3 is 23.9 Å². The van der Waals surface area contributed by atoms with Crippen molar-refractivity contribution in [3.8, 4) is 0 Å². The monoisotopic (exact) mass is 243 g/mol. The molecule has 0 bridgehead atoms. The van der Waals surface area contributed by atoms with Crippen molar-refractivity contribution in [3.05, 3.63) is 0 Å². The number of hydrogen-bond acceptors (Lipinski definition) is 4. The lowest BCUT2D eigenvalue weighted by Crippen LogP contribution is -2.37. The predicted molar refractivity (Wildman–Crippen MR) is 51.6 cm³/mol. The largest absolute Gasteiger partial charge is 0.756 e. The van der Waals surface area contributed by atoms with Crippen molar-refractivity contribution in [2.45, 2.75) is 6.92 Å². The zero-order valence-electron chi connectivity index (χ0n) is 9.34. The van der Waals surface area contributed by atoms with E-state index in [2.05, 4.69) is 21.1 Å². The molecule has 0 aliphatic heterocycles. The van der Waals surface area contributed by atoms with Gasteiger partial charge in [0.2, 0.25) is 0 Å². The molecule has 0 unspecified atom stereocenters. The van der Waals surface area contributed by atoms with Crippen molar-refractivity contribution in [1.29, 1.82) is 0 Å². The number of ether oxygens (including phenoxy) is 1. The Balaban J connectivity index is 0. The molecule has 0 heterocycles. The summed E-state index contributed by atoms with van der Waals surface area (Å²) in [5.74, 6) is -0.201. The number of likely N-dealkylation sites (N-methyl/N-ethyl adjacent to an activating group) is 1. The summed E-state index contributed by atoms with van der Waals surface area (Å²) in [6, 6.07) is 0. The van der Waals surface area contributed by atoms with Crippen LogP contribution in [0.25, 0.3) is 0 Å². The predicted octanol–water partition coefficient (Wildman–Crippen LogP) is -1.30. The van der Waals surface area contributed by atoms with Crippen LogP contribution in [0.5, 0.6) is 0 Å². The maximum absolute atomic E-state index is 10.3. The van der Waals surface area contributed by atoms with E-state index in [0.29, 0.717) is 6.61 Å². The van der Waals surface area contributed by atoms with Crippen molar-refractivity contribution >= 4 is 13.8 Å². The third-order valence-corrected chi connectivity index (χ3v) is 1.07. The van der Waals surface area contributed by atoms with Gasteiger partial charge in [-0.3, -0.25) is 9.36 Å². The smallest absolute Gasteiger partial charge is 0.302 e. The zero-order chi connectivity index (χ0) is 12.7. The van der Waals surface area contributed by atoms with Crippen LogP contribution in [-0.2, 0) is 14.1 Å². The Morgan fingerprint density at radius 3 is 1.93 bits per heavy atom. The third-order valence-electron chi connectivity index (χ3n) is 1.07. The third kappa shape index (κ3) is 42.2. The van der Waals surface area contributed by atoms with Crippen molar-refractivity contribution in [3.63, 3.8) is 0 Å². The Morgan fingerprint density at radius 1 is 1.40 bits per heavy atom. The number of phosphoric acid groups is 1. The second kappa shape index (κ2) is 6.92. The molecular weight excluding hydrogens is 225 g/mol. The van der Waals surface area contributed by atoms with Gasteiger partial charge in [-0.25, -0.2) is 0 Å².